The molecule has 4 rings (SSSR count). The van der Waals surface area contributed by atoms with Crippen LogP contribution in [0, 0.1) is 0 Å². The van der Waals surface area contributed by atoms with Gasteiger partial charge in [-0.2, -0.15) is 0 Å². The predicted molar refractivity (Wildman–Crippen MR) is 113 cm³/mol. The molecule has 0 aromatic heterocycles. The lowest BCUT2D eigenvalue weighted by Gasteiger charge is -2.27. The summed E-state index contributed by atoms with van der Waals surface area (Å²) < 4.78 is 11.6. The summed E-state index contributed by atoms with van der Waals surface area (Å²) in [5.41, 5.74) is 3.97. The molecule has 0 aliphatic carbocycles. The number of fused-ring (bicyclic) bond motifs is 2. The summed E-state index contributed by atoms with van der Waals surface area (Å²) in [6.45, 7) is 5.12. The van der Waals surface area contributed by atoms with Gasteiger partial charge in [0.25, 0.3) is 0 Å². The van der Waals surface area contributed by atoms with Gasteiger partial charge in [0.2, 0.25) is 5.91 Å². The average Bonchev–Trinajstić information content (AvgIpc) is 2.75. The molecular formula is C25H25NO3. The van der Waals surface area contributed by atoms with E-state index in [-0.39, 0.29) is 17.9 Å². The van der Waals surface area contributed by atoms with Gasteiger partial charge in [0.1, 0.15) is 11.5 Å². The summed E-state index contributed by atoms with van der Waals surface area (Å²) >= 11 is 0. The van der Waals surface area contributed by atoms with E-state index < -0.39 is 0 Å². The number of hydrogen-bond donors (Lipinski definition) is 1. The molecule has 0 fully saturated rings. The molecule has 0 bridgehead atoms. The van der Waals surface area contributed by atoms with E-state index in [1.165, 1.54) is 0 Å². The number of carbonyl (C=O) groups is 1. The van der Waals surface area contributed by atoms with Gasteiger partial charge in [0.05, 0.1) is 18.6 Å². The van der Waals surface area contributed by atoms with Crippen molar-refractivity contribution in [3.05, 3.63) is 95.1 Å². The van der Waals surface area contributed by atoms with Crippen LogP contribution < -0.4 is 10.1 Å². The highest BCUT2D eigenvalue weighted by Gasteiger charge is 2.32. The first-order valence-corrected chi connectivity index (χ1v) is 9.94. The summed E-state index contributed by atoms with van der Waals surface area (Å²) in [5.74, 6) is 1.07. The highest BCUT2D eigenvalue weighted by atomic mass is 16.5. The minimum absolute atomic E-state index is 0.0274. The third-order valence-electron chi connectivity index (χ3n) is 5.02. The van der Waals surface area contributed by atoms with Gasteiger partial charge in [-0.15, -0.1) is 0 Å². The Kier molecular flexibility index (Phi) is 5.63. The average molecular weight is 387 g/mol. The number of hydrogen-bond acceptors (Lipinski definition) is 3. The molecule has 0 radical (unpaired) electrons. The fourth-order valence-electron chi connectivity index (χ4n) is 3.50. The molecule has 0 saturated carbocycles. The second-order valence-electron chi connectivity index (χ2n) is 7.50. The number of benzene rings is 3. The van der Waals surface area contributed by atoms with Crippen LogP contribution in [-0.4, -0.2) is 12.0 Å². The Morgan fingerprint density at radius 1 is 0.897 bits per heavy atom. The summed E-state index contributed by atoms with van der Waals surface area (Å²) in [6, 6.07) is 23.6. The second kappa shape index (κ2) is 8.50. The molecule has 1 amide bonds. The van der Waals surface area contributed by atoms with E-state index in [0.717, 1.165) is 33.8 Å². The van der Waals surface area contributed by atoms with E-state index in [2.05, 4.69) is 5.32 Å². The molecule has 1 aliphatic rings. The minimum Gasteiger partial charge on any atom is -0.457 e. The Morgan fingerprint density at radius 3 is 2.03 bits per heavy atom. The zero-order valence-electron chi connectivity index (χ0n) is 16.7. The van der Waals surface area contributed by atoms with Gasteiger partial charge in [-0.1, -0.05) is 60.7 Å². The van der Waals surface area contributed by atoms with E-state index in [0.29, 0.717) is 13.2 Å². The van der Waals surface area contributed by atoms with Gasteiger partial charge >= 0.3 is 0 Å². The molecule has 3 aromatic rings. The largest absolute Gasteiger partial charge is 0.457 e. The lowest BCUT2D eigenvalue weighted by Crippen LogP contribution is -2.31. The second-order valence-corrected chi connectivity index (χ2v) is 7.50. The van der Waals surface area contributed by atoms with Crippen LogP contribution in [0.2, 0.25) is 0 Å². The van der Waals surface area contributed by atoms with Crippen molar-refractivity contribution in [1.82, 2.24) is 5.32 Å². The number of carbonyl (C=O) groups excluding carboxylic acids is 1. The van der Waals surface area contributed by atoms with E-state index in [9.17, 15) is 4.79 Å². The maximum Gasteiger partial charge on any atom is 0.232 e. The number of rotatable bonds is 6. The van der Waals surface area contributed by atoms with Crippen molar-refractivity contribution >= 4 is 5.91 Å². The van der Waals surface area contributed by atoms with Crippen molar-refractivity contribution in [2.24, 2.45) is 0 Å². The first-order valence-electron chi connectivity index (χ1n) is 9.94. The fraction of sp³-hybridized carbons (Fsp3) is 0.240. The molecule has 1 N–H and O–H groups in total. The first-order chi connectivity index (χ1) is 14.1. The summed E-state index contributed by atoms with van der Waals surface area (Å²) in [5, 5.41) is 3.09. The fourth-order valence-corrected chi connectivity index (χ4v) is 3.50. The highest BCUT2D eigenvalue weighted by Crippen LogP contribution is 2.43. The number of amides is 1. The standard InChI is InChI=1S/C25H25NO3/c1-17(2)28-16-19-13-11-18(12-14-19)15-26-25(27)24-20-7-3-5-9-22(20)29-23-10-6-4-8-21(23)24/h3-14,17,24H,15-16H2,1-2H3,(H,26,27). The molecule has 3 aromatic carbocycles. The van der Waals surface area contributed by atoms with E-state index in [4.69, 9.17) is 9.47 Å². The molecule has 0 unspecified atom stereocenters. The van der Waals surface area contributed by atoms with E-state index >= 15 is 0 Å². The van der Waals surface area contributed by atoms with Gasteiger partial charge in [-0.25, -0.2) is 0 Å². The third-order valence-corrected chi connectivity index (χ3v) is 5.02. The molecule has 0 atom stereocenters. The third kappa shape index (κ3) is 4.33. The maximum absolute atomic E-state index is 13.2. The number of para-hydroxylation sites is 2. The smallest absolute Gasteiger partial charge is 0.232 e. The number of nitrogens with one attached hydrogen (secondary N) is 1. The molecule has 1 aliphatic heterocycles. The number of ether oxygens (including phenoxy) is 2. The molecule has 0 spiro atoms. The normalized spacial score (nSPS) is 12.8. The van der Waals surface area contributed by atoms with Crippen LogP contribution in [0.3, 0.4) is 0 Å². The highest BCUT2D eigenvalue weighted by molar-refractivity contribution is 5.89. The summed E-state index contributed by atoms with van der Waals surface area (Å²) in [4.78, 5) is 13.2. The predicted octanol–water partition coefficient (Wildman–Crippen LogP) is 5.17. The molecule has 148 valence electrons. The van der Waals surface area contributed by atoms with Crippen LogP contribution in [0.5, 0.6) is 11.5 Å². The van der Waals surface area contributed by atoms with Crippen LogP contribution in [0.15, 0.2) is 72.8 Å². The van der Waals surface area contributed by atoms with Gasteiger partial charge in [-0.05, 0) is 37.1 Å². The van der Waals surface area contributed by atoms with Gasteiger partial charge < -0.3 is 14.8 Å². The summed E-state index contributed by atoms with van der Waals surface area (Å²) in [7, 11) is 0. The van der Waals surface area contributed by atoms with Crippen molar-refractivity contribution < 1.29 is 14.3 Å². The monoisotopic (exact) mass is 387 g/mol. The lowest BCUT2D eigenvalue weighted by atomic mass is 9.87. The van der Waals surface area contributed by atoms with Crippen molar-refractivity contribution in [2.75, 3.05) is 0 Å². The Labute approximate surface area is 171 Å². The van der Waals surface area contributed by atoms with Gasteiger partial charge in [0, 0.05) is 17.7 Å². The Morgan fingerprint density at radius 2 is 1.45 bits per heavy atom. The first kappa shape index (κ1) is 19.2. The maximum atomic E-state index is 13.2. The molecule has 4 nitrogen and oxygen atoms in total. The summed E-state index contributed by atoms with van der Waals surface area (Å²) in [6.07, 6.45) is 0.208. The van der Waals surface area contributed by atoms with Crippen LogP contribution in [-0.2, 0) is 22.7 Å². The Bertz CT molecular complexity index is 949. The zero-order valence-corrected chi connectivity index (χ0v) is 16.7. The minimum atomic E-state index is -0.380. The van der Waals surface area contributed by atoms with Crippen molar-refractivity contribution in [1.29, 1.82) is 0 Å². The van der Waals surface area contributed by atoms with E-state index in [1.807, 2.05) is 86.6 Å². The lowest BCUT2D eigenvalue weighted by molar-refractivity contribution is -0.122. The molecule has 0 saturated heterocycles. The van der Waals surface area contributed by atoms with Crippen LogP contribution in [0.25, 0.3) is 0 Å². The van der Waals surface area contributed by atoms with Crippen LogP contribution >= 0.6 is 0 Å². The van der Waals surface area contributed by atoms with Crippen LogP contribution in [0.4, 0.5) is 0 Å². The Balaban J connectivity index is 1.48. The molecule has 29 heavy (non-hydrogen) atoms. The zero-order chi connectivity index (χ0) is 20.2. The van der Waals surface area contributed by atoms with Crippen molar-refractivity contribution in [3.8, 4) is 11.5 Å². The SMILES string of the molecule is CC(C)OCc1ccc(CNC(=O)C2c3ccccc3Oc3ccccc32)cc1. The molecular weight excluding hydrogens is 362 g/mol. The Hall–Kier alpha value is -3.11. The molecule has 4 heteroatoms. The van der Waals surface area contributed by atoms with Crippen molar-refractivity contribution in [2.45, 2.75) is 39.0 Å². The van der Waals surface area contributed by atoms with E-state index in [1.54, 1.807) is 0 Å². The van der Waals surface area contributed by atoms with Crippen molar-refractivity contribution in [3.63, 3.8) is 0 Å². The van der Waals surface area contributed by atoms with Crippen LogP contribution in [0.1, 0.15) is 42.0 Å². The quantitative estimate of drug-likeness (QED) is 0.635. The van der Waals surface area contributed by atoms with Gasteiger partial charge in [-0.3, -0.25) is 4.79 Å². The molecule has 1 heterocycles. The van der Waals surface area contributed by atoms with Gasteiger partial charge in [0.15, 0.2) is 0 Å². The topological polar surface area (TPSA) is 47.6 Å².